The van der Waals surface area contributed by atoms with Crippen LogP contribution in [-0.4, -0.2) is 42.6 Å². The lowest BCUT2D eigenvalue weighted by atomic mass is 10.1. The van der Waals surface area contributed by atoms with Gasteiger partial charge in [0, 0.05) is 49.8 Å². The minimum Gasteiger partial charge on any atom is -0.490 e. The van der Waals surface area contributed by atoms with E-state index < -0.39 is 0 Å². The van der Waals surface area contributed by atoms with Gasteiger partial charge in [-0.1, -0.05) is 25.5 Å². The number of carbonyl (C=O) groups is 2. The van der Waals surface area contributed by atoms with Gasteiger partial charge in [0.25, 0.3) is 5.91 Å². The van der Waals surface area contributed by atoms with Gasteiger partial charge in [0.2, 0.25) is 0 Å². The second kappa shape index (κ2) is 10.6. The Morgan fingerprint density at radius 1 is 1.13 bits per heavy atom. The summed E-state index contributed by atoms with van der Waals surface area (Å²) in [7, 11) is 0. The molecule has 3 amide bonds. The van der Waals surface area contributed by atoms with E-state index in [0.29, 0.717) is 49.5 Å². The lowest BCUT2D eigenvalue weighted by molar-refractivity contribution is 0.0953. The van der Waals surface area contributed by atoms with Gasteiger partial charge in [-0.25, -0.2) is 9.18 Å². The molecular weight excluding hydrogens is 385 g/mol. The van der Waals surface area contributed by atoms with Crippen LogP contribution in [0.3, 0.4) is 0 Å². The standard InChI is InChI=1S/C23H28FN3O3/c1-2-3-12-25-22(28)17-6-4-8-19(15-17)26-23(29)27-13-10-20(11-14-27)30-21-9-5-7-18(24)16-21/h4-9,15-16,20H,2-3,10-14H2,1H3,(H,25,28)(H,26,29). The summed E-state index contributed by atoms with van der Waals surface area (Å²) in [6.07, 6.45) is 3.24. The molecule has 2 N–H and O–H groups in total. The topological polar surface area (TPSA) is 70.7 Å². The molecule has 1 fully saturated rings. The Hall–Kier alpha value is -3.09. The van der Waals surface area contributed by atoms with E-state index >= 15 is 0 Å². The number of hydrogen-bond donors (Lipinski definition) is 2. The van der Waals surface area contributed by atoms with Crippen LogP contribution in [0.1, 0.15) is 43.0 Å². The van der Waals surface area contributed by atoms with E-state index in [-0.39, 0.29) is 23.9 Å². The van der Waals surface area contributed by atoms with Crippen molar-refractivity contribution in [2.75, 3.05) is 25.0 Å². The number of carbonyl (C=O) groups excluding carboxylic acids is 2. The van der Waals surface area contributed by atoms with Gasteiger partial charge in [-0.2, -0.15) is 0 Å². The number of ether oxygens (including phenoxy) is 1. The highest BCUT2D eigenvalue weighted by Crippen LogP contribution is 2.20. The van der Waals surface area contributed by atoms with Gasteiger partial charge in [-0.15, -0.1) is 0 Å². The highest BCUT2D eigenvalue weighted by atomic mass is 19.1. The van der Waals surface area contributed by atoms with Gasteiger partial charge in [0.1, 0.15) is 17.7 Å². The number of hydrogen-bond acceptors (Lipinski definition) is 3. The average molecular weight is 413 g/mol. The Morgan fingerprint density at radius 2 is 1.90 bits per heavy atom. The molecule has 6 nitrogen and oxygen atoms in total. The van der Waals surface area contributed by atoms with E-state index in [2.05, 4.69) is 17.6 Å². The third kappa shape index (κ3) is 6.20. The summed E-state index contributed by atoms with van der Waals surface area (Å²) in [5.74, 6) is 0.0346. The number of nitrogens with one attached hydrogen (secondary N) is 2. The summed E-state index contributed by atoms with van der Waals surface area (Å²) >= 11 is 0. The predicted octanol–water partition coefficient (Wildman–Crippen LogP) is 4.43. The quantitative estimate of drug-likeness (QED) is 0.660. The van der Waals surface area contributed by atoms with Crippen molar-refractivity contribution in [2.24, 2.45) is 0 Å². The van der Waals surface area contributed by atoms with E-state index in [1.807, 2.05) is 0 Å². The Kier molecular flexibility index (Phi) is 7.65. The van der Waals surface area contributed by atoms with E-state index in [1.165, 1.54) is 12.1 Å². The number of halogens is 1. The Bertz CT molecular complexity index is 866. The molecule has 0 aromatic heterocycles. The first kappa shape index (κ1) is 21.6. The lowest BCUT2D eigenvalue weighted by Gasteiger charge is -2.32. The summed E-state index contributed by atoms with van der Waals surface area (Å²) in [6, 6.07) is 12.8. The van der Waals surface area contributed by atoms with E-state index in [4.69, 9.17) is 4.74 Å². The van der Waals surface area contributed by atoms with Crippen molar-refractivity contribution < 1.29 is 18.7 Å². The van der Waals surface area contributed by atoms with Gasteiger partial charge in [0.15, 0.2) is 0 Å². The number of likely N-dealkylation sites (tertiary alicyclic amines) is 1. The maximum Gasteiger partial charge on any atom is 0.321 e. The van der Waals surface area contributed by atoms with Crippen molar-refractivity contribution in [2.45, 2.75) is 38.7 Å². The molecular formula is C23H28FN3O3. The minimum absolute atomic E-state index is 0.0500. The summed E-state index contributed by atoms with van der Waals surface area (Å²) in [4.78, 5) is 26.5. The number of nitrogens with zero attached hydrogens (tertiary/aromatic N) is 1. The van der Waals surface area contributed by atoms with Gasteiger partial charge < -0.3 is 20.3 Å². The fourth-order valence-electron chi connectivity index (χ4n) is 3.33. The molecule has 0 spiro atoms. The molecule has 3 rings (SSSR count). The van der Waals surface area contributed by atoms with Gasteiger partial charge in [-0.05, 0) is 36.8 Å². The minimum atomic E-state index is -0.328. The summed E-state index contributed by atoms with van der Waals surface area (Å²) in [5.41, 5.74) is 1.10. The number of urea groups is 1. The Morgan fingerprint density at radius 3 is 2.63 bits per heavy atom. The normalized spacial score (nSPS) is 14.3. The van der Waals surface area contributed by atoms with Gasteiger partial charge in [-0.3, -0.25) is 4.79 Å². The SMILES string of the molecule is CCCCNC(=O)c1cccc(NC(=O)N2CCC(Oc3cccc(F)c3)CC2)c1. The average Bonchev–Trinajstić information content (AvgIpc) is 2.74. The highest BCUT2D eigenvalue weighted by Gasteiger charge is 2.24. The third-order valence-corrected chi connectivity index (χ3v) is 5.02. The number of anilines is 1. The number of rotatable bonds is 7. The maximum atomic E-state index is 13.3. The van der Waals surface area contributed by atoms with Crippen LogP contribution >= 0.6 is 0 Å². The molecule has 2 aromatic rings. The molecule has 2 aromatic carbocycles. The van der Waals surface area contributed by atoms with Crippen LogP contribution in [0.25, 0.3) is 0 Å². The van der Waals surface area contributed by atoms with Crippen LogP contribution in [0.5, 0.6) is 5.75 Å². The van der Waals surface area contributed by atoms with Crippen LogP contribution < -0.4 is 15.4 Å². The number of piperidine rings is 1. The summed E-state index contributed by atoms with van der Waals surface area (Å²) < 4.78 is 19.1. The molecule has 30 heavy (non-hydrogen) atoms. The highest BCUT2D eigenvalue weighted by molar-refractivity contribution is 5.96. The predicted molar refractivity (Wildman–Crippen MR) is 114 cm³/mol. The Balaban J connectivity index is 1.48. The van der Waals surface area contributed by atoms with Gasteiger partial charge in [0.05, 0.1) is 0 Å². The molecule has 0 radical (unpaired) electrons. The van der Waals surface area contributed by atoms with E-state index in [0.717, 1.165) is 12.8 Å². The molecule has 0 aliphatic carbocycles. The molecule has 1 heterocycles. The van der Waals surface area contributed by atoms with Crippen LogP contribution in [0.2, 0.25) is 0 Å². The molecule has 0 saturated carbocycles. The maximum absolute atomic E-state index is 13.3. The Labute approximate surface area is 176 Å². The van der Waals surface area contributed by atoms with E-state index in [9.17, 15) is 14.0 Å². The molecule has 0 unspecified atom stereocenters. The second-order valence-electron chi connectivity index (χ2n) is 7.38. The zero-order chi connectivity index (χ0) is 21.3. The molecule has 160 valence electrons. The molecule has 1 saturated heterocycles. The first-order valence-corrected chi connectivity index (χ1v) is 10.4. The fourth-order valence-corrected chi connectivity index (χ4v) is 3.33. The lowest BCUT2D eigenvalue weighted by Crippen LogP contribution is -2.43. The van der Waals surface area contributed by atoms with Crippen LogP contribution in [0.15, 0.2) is 48.5 Å². The molecule has 0 bridgehead atoms. The van der Waals surface area contributed by atoms with Crippen molar-refractivity contribution in [1.82, 2.24) is 10.2 Å². The number of unbranched alkanes of at least 4 members (excludes halogenated alkanes) is 1. The largest absolute Gasteiger partial charge is 0.490 e. The zero-order valence-electron chi connectivity index (χ0n) is 17.2. The molecule has 1 aliphatic heterocycles. The molecule has 1 aliphatic rings. The van der Waals surface area contributed by atoms with Crippen molar-refractivity contribution in [3.63, 3.8) is 0 Å². The molecule has 0 atom stereocenters. The van der Waals surface area contributed by atoms with Crippen LogP contribution in [-0.2, 0) is 0 Å². The first-order chi connectivity index (χ1) is 14.5. The van der Waals surface area contributed by atoms with Crippen molar-refractivity contribution >= 4 is 17.6 Å². The summed E-state index contributed by atoms with van der Waals surface area (Å²) in [5, 5.41) is 5.74. The van der Waals surface area contributed by atoms with Crippen LogP contribution in [0, 0.1) is 5.82 Å². The first-order valence-electron chi connectivity index (χ1n) is 10.4. The number of amides is 3. The molecule has 7 heteroatoms. The number of benzene rings is 2. The van der Waals surface area contributed by atoms with Crippen molar-refractivity contribution in [3.8, 4) is 5.75 Å². The van der Waals surface area contributed by atoms with E-state index in [1.54, 1.807) is 41.3 Å². The smallest absolute Gasteiger partial charge is 0.321 e. The van der Waals surface area contributed by atoms with Crippen LogP contribution in [0.4, 0.5) is 14.9 Å². The van der Waals surface area contributed by atoms with Crippen molar-refractivity contribution in [1.29, 1.82) is 0 Å². The zero-order valence-corrected chi connectivity index (χ0v) is 17.2. The fraction of sp³-hybridized carbons (Fsp3) is 0.391. The monoisotopic (exact) mass is 413 g/mol. The van der Waals surface area contributed by atoms with Crippen molar-refractivity contribution in [3.05, 3.63) is 59.9 Å². The van der Waals surface area contributed by atoms with Gasteiger partial charge >= 0.3 is 6.03 Å². The second-order valence-corrected chi connectivity index (χ2v) is 7.38. The summed E-state index contributed by atoms with van der Waals surface area (Å²) in [6.45, 7) is 3.79. The third-order valence-electron chi connectivity index (χ3n) is 5.02.